The Morgan fingerprint density at radius 1 is 1.00 bits per heavy atom. The minimum absolute atomic E-state index is 0.224. The first-order valence-electron chi connectivity index (χ1n) is 8.36. The molecular weight excluding hydrogens is 292 g/mol. The van der Waals surface area contributed by atoms with Crippen LogP contribution in [0.25, 0.3) is 0 Å². The van der Waals surface area contributed by atoms with Crippen molar-refractivity contribution in [1.82, 2.24) is 0 Å². The van der Waals surface area contributed by atoms with Crippen LogP contribution in [-0.4, -0.2) is 25.2 Å². The molecule has 0 aromatic heterocycles. The molecule has 1 saturated carbocycles. The maximum Gasteiger partial charge on any atom is 0.333 e. The number of ether oxygens (including phenoxy) is 2. The summed E-state index contributed by atoms with van der Waals surface area (Å²) in [5, 5.41) is 0. The zero-order valence-electron chi connectivity index (χ0n) is 14.9. The van der Waals surface area contributed by atoms with E-state index in [0.717, 1.165) is 12.8 Å². The van der Waals surface area contributed by atoms with Gasteiger partial charge in [-0.15, -0.1) is 0 Å². The quantitative estimate of drug-likeness (QED) is 0.499. The summed E-state index contributed by atoms with van der Waals surface area (Å²) >= 11 is 0. The van der Waals surface area contributed by atoms with E-state index < -0.39 is 0 Å². The first-order valence-corrected chi connectivity index (χ1v) is 8.36. The van der Waals surface area contributed by atoms with Crippen molar-refractivity contribution in [1.29, 1.82) is 0 Å². The third-order valence-electron chi connectivity index (χ3n) is 4.96. The lowest BCUT2D eigenvalue weighted by molar-refractivity contribution is -0.156. The molecule has 0 spiro atoms. The molecule has 1 fully saturated rings. The fourth-order valence-corrected chi connectivity index (χ4v) is 3.23. The van der Waals surface area contributed by atoms with E-state index >= 15 is 0 Å². The highest BCUT2D eigenvalue weighted by atomic mass is 16.5. The zero-order valence-corrected chi connectivity index (χ0v) is 14.9. The molecule has 4 heteroatoms. The van der Waals surface area contributed by atoms with Crippen LogP contribution in [0.4, 0.5) is 0 Å². The number of hydrogen-bond acceptors (Lipinski definition) is 4. The van der Waals surface area contributed by atoms with Gasteiger partial charge in [0.25, 0.3) is 0 Å². The minimum Gasteiger partial charge on any atom is -0.462 e. The summed E-state index contributed by atoms with van der Waals surface area (Å²) < 4.78 is 11.0. The van der Waals surface area contributed by atoms with E-state index in [-0.39, 0.29) is 36.5 Å². The molecule has 0 heterocycles. The van der Waals surface area contributed by atoms with Gasteiger partial charge in [0.1, 0.15) is 13.2 Å². The van der Waals surface area contributed by atoms with Gasteiger partial charge in [0, 0.05) is 16.6 Å². The molecule has 1 aliphatic rings. The van der Waals surface area contributed by atoms with Gasteiger partial charge < -0.3 is 9.47 Å². The number of hydrogen-bond donors (Lipinski definition) is 0. The van der Waals surface area contributed by atoms with Crippen molar-refractivity contribution in [3.05, 3.63) is 24.3 Å². The van der Waals surface area contributed by atoms with Gasteiger partial charge >= 0.3 is 11.9 Å². The first kappa shape index (κ1) is 19.5. The predicted molar refractivity (Wildman–Crippen MR) is 90.8 cm³/mol. The molecule has 23 heavy (non-hydrogen) atoms. The fraction of sp³-hybridized carbons (Fsp3) is 0.684. The molecule has 0 bridgehead atoms. The Balaban J connectivity index is 2.94. The molecule has 0 unspecified atom stereocenters. The average Bonchev–Trinajstić information content (AvgIpc) is 3.00. The Labute approximate surface area is 139 Å². The monoisotopic (exact) mass is 322 g/mol. The Morgan fingerprint density at radius 2 is 1.39 bits per heavy atom. The summed E-state index contributed by atoms with van der Waals surface area (Å²) in [6, 6.07) is 0. The van der Waals surface area contributed by atoms with Crippen LogP contribution < -0.4 is 0 Å². The molecule has 0 saturated heterocycles. The maximum absolute atomic E-state index is 11.8. The zero-order chi connectivity index (χ0) is 17.6. The van der Waals surface area contributed by atoms with Crippen molar-refractivity contribution < 1.29 is 19.1 Å². The summed E-state index contributed by atoms with van der Waals surface area (Å²) in [4.78, 5) is 23.7. The van der Waals surface area contributed by atoms with Crippen LogP contribution in [0.5, 0.6) is 0 Å². The highest BCUT2D eigenvalue weighted by molar-refractivity contribution is 5.87. The van der Waals surface area contributed by atoms with E-state index in [9.17, 15) is 9.59 Å². The molecular formula is C19H30O4. The number of rotatable bonds is 8. The molecule has 0 aromatic carbocycles. The van der Waals surface area contributed by atoms with Gasteiger partial charge in [0.2, 0.25) is 0 Å². The summed E-state index contributed by atoms with van der Waals surface area (Å²) in [5.74, 6) is -0.168. The first-order chi connectivity index (χ1) is 10.7. The third-order valence-corrected chi connectivity index (χ3v) is 4.96. The maximum atomic E-state index is 11.8. The highest BCUT2D eigenvalue weighted by Gasteiger charge is 2.45. The molecule has 0 aliphatic heterocycles. The molecule has 0 aromatic rings. The second kappa shape index (κ2) is 8.32. The lowest BCUT2D eigenvalue weighted by Crippen LogP contribution is -2.44. The fourth-order valence-electron chi connectivity index (χ4n) is 3.23. The topological polar surface area (TPSA) is 52.6 Å². The van der Waals surface area contributed by atoms with Crippen LogP contribution in [0, 0.1) is 17.3 Å². The summed E-state index contributed by atoms with van der Waals surface area (Å²) in [6.45, 7) is 15.2. The van der Waals surface area contributed by atoms with Crippen molar-refractivity contribution in [2.45, 2.75) is 53.4 Å². The van der Waals surface area contributed by atoms with E-state index in [0.29, 0.717) is 17.1 Å². The number of carbonyl (C=O) groups is 2. The Bertz CT molecular complexity index is 440. The molecule has 0 atom stereocenters. The molecule has 1 aliphatic carbocycles. The largest absolute Gasteiger partial charge is 0.462 e. The van der Waals surface area contributed by atoms with Crippen LogP contribution in [0.15, 0.2) is 24.3 Å². The molecule has 130 valence electrons. The number of carbonyl (C=O) groups excluding carboxylic acids is 2. The van der Waals surface area contributed by atoms with Gasteiger partial charge in [0.05, 0.1) is 0 Å². The summed E-state index contributed by atoms with van der Waals surface area (Å²) in [7, 11) is 0. The number of esters is 2. The van der Waals surface area contributed by atoms with Crippen LogP contribution in [-0.2, 0) is 19.1 Å². The minimum atomic E-state index is -0.390. The second-order valence-corrected chi connectivity index (χ2v) is 7.08. The van der Waals surface area contributed by atoms with Gasteiger partial charge in [-0.05, 0) is 38.5 Å². The Kier molecular flexibility index (Phi) is 7.04. The van der Waals surface area contributed by atoms with Crippen LogP contribution in [0.3, 0.4) is 0 Å². The van der Waals surface area contributed by atoms with Crippen molar-refractivity contribution in [2.24, 2.45) is 17.3 Å². The second-order valence-electron chi connectivity index (χ2n) is 7.08. The van der Waals surface area contributed by atoms with Crippen molar-refractivity contribution in [2.75, 3.05) is 13.2 Å². The van der Waals surface area contributed by atoms with E-state index in [2.05, 4.69) is 27.0 Å². The highest BCUT2D eigenvalue weighted by Crippen LogP contribution is 2.45. The van der Waals surface area contributed by atoms with Gasteiger partial charge in [-0.2, -0.15) is 0 Å². The van der Waals surface area contributed by atoms with E-state index in [1.807, 2.05) is 0 Å². The Morgan fingerprint density at radius 3 is 1.70 bits per heavy atom. The standard InChI is InChI=1S/C19H30O4/c1-13(2)17(20)22-11-19(15(5)6,16-9-7-8-10-16)12-23-18(21)14(3)4/h15-16H,1,3,7-12H2,2,4-6H3. The van der Waals surface area contributed by atoms with Crippen molar-refractivity contribution in [3.8, 4) is 0 Å². The summed E-state index contributed by atoms with van der Waals surface area (Å²) in [6.07, 6.45) is 4.49. The van der Waals surface area contributed by atoms with E-state index in [1.165, 1.54) is 12.8 Å². The van der Waals surface area contributed by atoms with E-state index in [1.54, 1.807) is 13.8 Å². The van der Waals surface area contributed by atoms with Crippen LogP contribution in [0.2, 0.25) is 0 Å². The van der Waals surface area contributed by atoms with Crippen LogP contribution >= 0.6 is 0 Å². The van der Waals surface area contributed by atoms with Crippen LogP contribution in [0.1, 0.15) is 53.4 Å². The van der Waals surface area contributed by atoms with Gasteiger partial charge in [-0.3, -0.25) is 0 Å². The molecule has 0 amide bonds. The lowest BCUT2D eigenvalue weighted by atomic mass is 9.68. The smallest absolute Gasteiger partial charge is 0.333 e. The SMILES string of the molecule is C=C(C)C(=O)OCC(COC(=O)C(=C)C)(C(C)C)C1CCCC1. The predicted octanol–water partition coefficient (Wildman–Crippen LogP) is 4.06. The van der Waals surface area contributed by atoms with Gasteiger partial charge in [-0.1, -0.05) is 39.8 Å². The summed E-state index contributed by atoms with van der Waals surface area (Å²) in [5.41, 5.74) is 0.410. The molecule has 1 rings (SSSR count). The Hall–Kier alpha value is -1.58. The lowest BCUT2D eigenvalue weighted by Gasteiger charge is -2.41. The van der Waals surface area contributed by atoms with Crippen molar-refractivity contribution >= 4 is 11.9 Å². The average molecular weight is 322 g/mol. The molecule has 4 nitrogen and oxygen atoms in total. The van der Waals surface area contributed by atoms with Gasteiger partial charge in [0.15, 0.2) is 0 Å². The normalized spacial score (nSPS) is 15.5. The third kappa shape index (κ3) is 4.95. The molecule has 0 radical (unpaired) electrons. The van der Waals surface area contributed by atoms with Crippen molar-refractivity contribution in [3.63, 3.8) is 0 Å². The van der Waals surface area contributed by atoms with Gasteiger partial charge in [-0.25, -0.2) is 9.59 Å². The van der Waals surface area contributed by atoms with E-state index in [4.69, 9.17) is 9.47 Å². The molecule has 0 N–H and O–H groups in total.